The second kappa shape index (κ2) is 12.2. The first-order valence-corrected chi connectivity index (χ1v) is 12.8. The molecule has 2 amide bonds. The molecule has 9 heteroatoms. The van der Waals surface area contributed by atoms with Gasteiger partial charge in [-0.3, -0.25) is 9.78 Å². The van der Waals surface area contributed by atoms with Gasteiger partial charge in [0, 0.05) is 36.2 Å². The smallest absolute Gasteiger partial charge is 0.410 e. The molecule has 0 aliphatic carbocycles. The van der Waals surface area contributed by atoms with Crippen molar-refractivity contribution in [1.29, 1.82) is 5.26 Å². The summed E-state index contributed by atoms with van der Waals surface area (Å²) < 4.78 is 11.0. The zero-order valence-corrected chi connectivity index (χ0v) is 21.0. The number of hydrogen-bond donors (Lipinski definition) is 1. The van der Waals surface area contributed by atoms with Gasteiger partial charge in [0.1, 0.15) is 16.8 Å². The maximum Gasteiger partial charge on any atom is 0.410 e. The van der Waals surface area contributed by atoms with E-state index < -0.39 is 0 Å². The van der Waals surface area contributed by atoms with Crippen LogP contribution in [0.25, 0.3) is 0 Å². The van der Waals surface area contributed by atoms with Crippen LogP contribution in [0.4, 0.5) is 9.80 Å². The van der Waals surface area contributed by atoms with Crippen molar-refractivity contribution in [2.45, 2.75) is 39.2 Å². The van der Waals surface area contributed by atoms with Crippen molar-refractivity contribution in [1.82, 2.24) is 9.88 Å². The minimum absolute atomic E-state index is 0.155. The second-order valence-corrected chi connectivity index (χ2v) is 9.41. The number of nitrogens with zero attached hydrogens (tertiary/aromatic N) is 3. The lowest BCUT2D eigenvalue weighted by Gasteiger charge is -2.26. The van der Waals surface area contributed by atoms with Gasteiger partial charge in [0.05, 0.1) is 25.3 Å². The van der Waals surface area contributed by atoms with Crippen LogP contribution in [0.3, 0.4) is 0 Å². The van der Waals surface area contributed by atoms with Gasteiger partial charge < -0.3 is 19.7 Å². The largest absolute Gasteiger partial charge is 0.494 e. The molecule has 1 N–H and O–H groups in total. The van der Waals surface area contributed by atoms with Crippen LogP contribution >= 0.6 is 11.3 Å². The second-order valence-electron chi connectivity index (χ2n) is 8.31. The molecule has 2 aromatic heterocycles. The number of ether oxygens (including phenoxy) is 2. The zero-order chi connectivity index (χ0) is 25.3. The molecule has 0 spiro atoms. The van der Waals surface area contributed by atoms with E-state index in [1.54, 1.807) is 11.1 Å². The Bertz CT molecular complexity index is 1250. The van der Waals surface area contributed by atoms with E-state index in [2.05, 4.69) is 16.4 Å². The molecule has 0 radical (unpaired) electrons. The highest BCUT2D eigenvalue weighted by atomic mass is 32.1. The first-order chi connectivity index (χ1) is 17.6. The first-order valence-electron chi connectivity index (χ1n) is 11.9. The van der Waals surface area contributed by atoms with Crippen molar-refractivity contribution < 1.29 is 19.1 Å². The van der Waals surface area contributed by atoms with Crippen LogP contribution in [0.2, 0.25) is 0 Å². The normalized spacial score (nSPS) is 12.4. The average molecular weight is 505 g/mol. The Labute approximate surface area is 214 Å². The Morgan fingerprint density at radius 3 is 2.89 bits per heavy atom. The highest BCUT2D eigenvalue weighted by Gasteiger charge is 2.28. The van der Waals surface area contributed by atoms with Crippen molar-refractivity contribution in [3.8, 4) is 11.8 Å². The number of benzene rings is 1. The molecule has 4 rings (SSSR count). The molecule has 0 saturated carbocycles. The summed E-state index contributed by atoms with van der Waals surface area (Å²) in [5.74, 6) is 0.630. The molecule has 1 aromatic carbocycles. The number of aryl methyl sites for hydroxylation is 1. The predicted molar refractivity (Wildman–Crippen MR) is 137 cm³/mol. The minimum Gasteiger partial charge on any atom is -0.494 e. The highest BCUT2D eigenvalue weighted by Crippen LogP contribution is 2.37. The lowest BCUT2D eigenvalue weighted by molar-refractivity contribution is -0.116. The van der Waals surface area contributed by atoms with Gasteiger partial charge in [-0.15, -0.1) is 11.3 Å². The number of carbonyl (C=O) groups is 2. The molecular weight excluding hydrogens is 476 g/mol. The number of nitrogens with one attached hydrogen (secondary N) is 1. The fourth-order valence-electron chi connectivity index (χ4n) is 4.05. The van der Waals surface area contributed by atoms with Gasteiger partial charge in [0.25, 0.3) is 0 Å². The van der Waals surface area contributed by atoms with Gasteiger partial charge >= 0.3 is 6.09 Å². The molecule has 0 unspecified atom stereocenters. The van der Waals surface area contributed by atoms with Crippen LogP contribution in [-0.2, 0) is 35.3 Å². The summed E-state index contributed by atoms with van der Waals surface area (Å²) in [5, 5.41) is 13.2. The van der Waals surface area contributed by atoms with E-state index in [0.717, 1.165) is 27.4 Å². The Morgan fingerprint density at radius 2 is 2.11 bits per heavy atom. The molecule has 36 heavy (non-hydrogen) atoms. The van der Waals surface area contributed by atoms with Crippen LogP contribution in [0, 0.1) is 11.3 Å². The van der Waals surface area contributed by atoms with Crippen molar-refractivity contribution in [2.24, 2.45) is 0 Å². The fraction of sp³-hybridized carbons (Fsp3) is 0.333. The first kappa shape index (κ1) is 25.2. The van der Waals surface area contributed by atoms with Crippen LogP contribution in [-0.4, -0.2) is 41.6 Å². The van der Waals surface area contributed by atoms with Crippen molar-refractivity contribution in [3.63, 3.8) is 0 Å². The average Bonchev–Trinajstić information content (AvgIpc) is 3.24. The lowest BCUT2D eigenvalue weighted by Crippen LogP contribution is -2.36. The van der Waals surface area contributed by atoms with Gasteiger partial charge in [0.2, 0.25) is 5.91 Å². The molecule has 186 valence electrons. The number of anilines is 1. The Hall–Kier alpha value is -3.90. The molecule has 0 bridgehead atoms. The van der Waals surface area contributed by atoms with E-state index in [1.807, 2.05) is 49.4 Å². The summed E-state index contributed by atoms with van der Waals surface area (Å²) in [4.78, 5) is 32.0. The molecule has 3 aromatic rings. The van der Waals surface area contributed by atoms with E-state index in [1.165, 1.54) is 11.3 Å². The summed E-state index contributed by atoms with van der Waals surface area (Å²) in [5.41, 5.74) is 3.27. The highest BCUT2D eigenvalue weighted by molar-refractivity contribution is 7.16. The number of fused-ring (bicyclic) bond motifs is 1. The standard InChI is InChI=1S/C27H28N4O4S/c1-2-34-21-8-5-6-19(16-21)9-10-25(32)30-26-23(17-28)22-11-14-31(18-24(22)36-26)27(33)35-15-12-20-7-3-4-13-29-20/h3-8,13,16H,2,9-12,14-15,18H2,1H3,(H,30,32). The van der Waals surface area contributed by atoms with E-state index in [9.17, 15) is 14.9 Å². The Balaban J connectivity index is 1.32. The molecule has 0 atom stereocenters. The van der Waals surface area contributed by atoms with E-state index in [4.69, 9.17) is 9.47 Å². The number of carbonyl (C=O) groups excluding carboxylic acids is 2. The van der Waals surface area contributed by atoms with E-state index >= 15 is 0 Å². The number of rotatable bonds is 9. The molecule has 1 aliphatic rings. The van der Waals surface area contributed by atoms with E-state index in [0.29, 0.717) is 49.5 Å². The summed E-state index contributed by atoms with van der Waals surface area (Å²) in [6.07, 6.45) is 3.28. The SMILES string of the molecule is CCOc1cccc(CCC(=O)Nc2sc3c(c2C#N)CCN(C(=O)OCCc2ccccn2)C3)c1. The number of pyridine rings is 1. The number of thiophene rings is 1. The third-order valence-corrected chi connectivity index (χ3v) is 6.97. The van der Waals surface area contributed by atoms with Crippen molar-refractivity contribution >= 4 is 28.3 Å². The summed E-state index contributed by atoms with van der Waals surface area (Å²) in [6, 6.07) is 15.6. The maximum atomic E-state index is 12.7. The number of nitriles is 1. The van der Waals surface area contributed by atoms with E-state index in [-0.39, 0.29) is 25.0 Å². The topological polar surface area (TPSA) is 105 Å². The quantitative estimate of drug-likeness (QED) is 0.452. The van der Waals surface area contributed by atoms with Crippen LogP contribution in [0.5, 0.6) is 5.75 Å². The monoisotopic (exact) mass is 504 g/mol. The fourth-order valence-corrected chi connectivity index (χ4v) is 5.28. The summed E-state index contributed by atoms with van der Waals surface area (Å²) in [7, 11) is 0. The van der Waals surface area contributed by atoms with Crippen molar-refractivity contribution in [2.75, 3.05) is 25.1 Å². The molecule has 1 aliphatic heterocycles. The molecule has 3 heterocycles. The zero-order valence-electron chi connectivity index (χ0n) is 20.2. The van der Waals surface area contributed by atoms with Gasteiger partial charge in [-0.2, -0.15) is 5.26 Å². The molecule has 0 saturated heterocycles. The van der Waals surface area contributed by atoms with Gasteiger partial charge in [-0.05, 0) is 55.2 Å². The van der Waals surface area contributed by atoms with Gasteiger partial charge in [-0.25, -0.2) is 4.79 Å². The van der Waals surface area contributed by atoms with Gasteiger partial charge in [-0.1, -0.05) is 18.2 Å². The van der Waals surface area contributed by atoms with Crippen LogP contribution < -0.4 is 10.1 Å². The minimum atomic E-state index is -0.386. The molecular formula is C27H28N4O4S. The van der Waals surface area contributed by atoms with Crippen LogP contribution in [0.15, 0.2) is 48.7 Å². The summed E-state index contributed by atoms with van der Waals surface area (Å²) in [6.45, 7) is 3.59. The summed E-state index contributed by atoms with van der Waals surface area (Å²) >= 11 is 1.35. The number of hydrogen-bond acceptors (Lipinski definition) is 7. The molecule has 8 nitrogen and oxygen atoms in total. The molecule has 0 fully saturated rings. The Morgan fingerprint density at radius 1 is 1.22 bits per heavy atom. The lowest BCUT2D eigenvalue weighted by atomic mass is 10.0. The third-order valence-electron chi connectivity index (χ3n) is 5.84. The Kier molecular flexibility index (Phi) is 8.53. The predicted octanol–water partition coefficient (Wildman–Crippen LogP) is 4.72. The maximum absolute atomic E-state index is 12.7. The third kappa shape index (κ3) is 6.40. The number of aromatic nitrogens is 1. The van der Waals surface area contributed by atoms with Gasteiger partial charge in [0.15, 0.2) is 0 Å². The number of amides is 2. The van der Waals surface area contributed by atoms with Crippen molar-refractivity contribution in [3.05, 3.63) is 75.9 Å². The van der Waals surface area contributed by atoms with Crippen LogP contribution in [0.1, 0.15) is 40.6 Å².